The van der Waals surface area contributed by atoms with Gasteiger partial charge >= 0.3 is 7.82 Å². The maximum atomic E-state index is 12.7. The minimum atomic E-state index is -4.31. The molecule has 9 heteroatoms. The highest BCUT2D eigenvalue weighted by Gasteiger charge is 2.27. The molecule has 48 heavy (non-hydrogen) atoms. The topological polar surface area (TPSA) is 105 Å². The number of hydrogen-bond acceptors (Lipinski definition) is 5. The normalized spacial score (nSPS) is 14.7. The smallest absolute Gasteiger partial charge is 0.387 e. The van der Waals surface area contributed by atoms with E-state index in [1.165, 1.54) is 122 Å². The van der Waals surface area contributed by atoms with Crippen molar-refractivity contribution in [1.82, 2.24) is 5.32 Å². The Hall–Kier alpha value is -0.760. The number of carbonyl (C=O) groups excluding carboxylic acids is 1. The molecular weight excluding hydrogens is 623 g/mol. The molecule has 3 atom stereocenters. The summed E-state index contributed by atoms with van der Waals surface area (Å²) in [5.74, 6) is -0.184. The molecule has 0 heterocycles. The quantitative estimate of drug-likeness (QED) is 0.0260. The molecule has 3 N–H and O–H groups in total. The van der Waals surface area contributed by atoms with Crippen LogP contribution >= 0.6 is 7.82 Å². The molecule has 0 bridgehead atoms. The molecule has 0 aromatic heterocycles. The van der Waals surface area contributed by atoms with Crippen LogP contribution in [-0.2, 0) is 18.4 Å². The summed E-state index contributed by atoms with van der Waals surface area (Å²) in [5.41, 5.74) is 0. The van der Waals surface area contributed by atoms with Crippen molar-refractivity contribution in [3.8, 4) is 0 Å². The number of aliphatic hydroxyl groups is 1. The number of quaternary nitrogens is 1. The first kappa shape index (κ1) is 47.2. The van der Waals surface area contributed by atoms with E-state index in [9.17, 15) is 19.4 Å². The SMILES string of the molecule is CCCC/C=C/C(O)C(COP(=O)(O)OCC[N+](C)(C)C)NC(=O)CCCCCCCCCCCCCCCCCCCCCCCC. The second kappa shape index (κ2) is 32.2. The lowest BCUT2D eigenvalue weighted by molar-refractivity contribution is -0.870. The molecule has 286 valence electrons. The Morgan fingerprint density at radius 3 is 1.52 bits per heavy atom. The Morgan fingerprint density at radius 1 is 0.688 bits per heavy atom. The number of nitrogens with zero attached hydrogens (tertiary/aromatic N) is 1. The summed E-state index contributed by atoms with van der Waals surface area (Å²) < 4.78 is 23.2. The van der Waals surface area contributed by atoms with E-state index in [1.54, 1.807) is 6.08 Å². The van der Waals surface area contributed by atoms with Crippen molar-refractivity contribution in [3.05, 3.63) is 12.2 Å². The van der Waals surface area contributed by atoms with Gasteiger partial charge in [0.25, 0.3) is 0 Å². The van der Waals surface area contributed by atoms with Crippen molar-refractivity contribution in [1.29, 1.82) is 0 Å². The Morgan fingerprint density at radius 2 is 1.10 bits per heavy atom. The molecule has 0 aliphatic rings. The molecule has 1 amide bonds. The predicted octanol–water partition coefficient (Wildman–Crippen LogP) is 10.4. The molecule has 0 spiro atoms. The van der Waals surface area contributed by atoms with Crippen molar-refractivity contribution in [2.24, 2.45) is 0 Å². The number of carbonyl (C=O) groups is 1. The minimum Gasteiger partial charge on any atom is -0.387 e. The molecular formula is C39H80N2O6P+. The Bertz CT molecular complexity index is 804. The lowest BCUT2D eigenvalue weighted by Gasteiger charge is -2.25. The first-order valence-electron chi connectivity index (χ1n) is 20.1. The summed E-state index contributed by atoms with van der Waals surface area (Å²) in [5, 5.41) is 13.5. The van der Waals surface area contributed by atoms with E-state index in [0.717, 1.165) is 38.5 Å². The number of phosphoric acid groups is 1. The number of nitrogens with one attached hydrogen (secondary N) is 1. The highest BCUT2D eigenvalue weighted by molar-refractivity contribution is 7.47. The number of aliphatic hydroxyl groups excluding tert-OH is 1. The van der Waals surface area contributed by atoms with Gasteiger partial charge in [-0.3, -0.25) is 13.8 Å². The van der Waals surface area contributed by atoms with Crippen molar-refractivity contribution in [3.63, 3.8) is 0 Å². The summed E-state index contributed by atoms with van der Waals surface area (Å²) >= 11 is 0. The summed E-state index contributed by atoms with van der Waals surface area (Å²) in [4.78, 5) is 22.8. The van der Waals surface area contributed by atoms with Gasteiger partial charge < -0.3 is 19.8 Å². The zero-order valence-corrected chi connectivity index (χ0v) is 33.1. The summed E-state index contributed by atoms with van der Waals surface area (Å²) in [6, 6.07) is -0.836. The van der Waals surface area contributed by atoms with Gasteiger partial charge in [-0.25, -0.2) is 4.57 Å². The lowest BCUT2D eigenvalue weighted by Crippen LogP contribution is -2.45. The predicted molar refractivity (Wildman–Crippen MR) is 203 cm³/mol. The molecule has 0 saturated carbocycles. The maximum absolute atomic E-state index is 12.7. The van der Waals surface area contributed by atoms with E-state index in [0.29, 0.717) is 17.4 Å². The van der Waals surface area contributed by atoms with Gasteiger partial charge in [-0.05, 0) is 12.8 Å². The average Bonchev–Trinajstić information content (AvgIpc) is 3.03. The van der Waals surface area contributed by atoms with Gasteiger partial charge in [0.2, 0.25) is 5.91 Å². The van der Waals surface area contributed by atoms with E-state index in [2.05, 4.69) is 19.2 Å². The molecule has 0 saturated heterocycles. The van der Waals surface area contributed by atoms with E-state index in [4.69, 9.17) is 9.05 Å². The molecule has 0 aliphatic heterocycles. The summed E-state index contributed by atoms with van der Waals surface area (Å²) in [6.07, 6.45) is 34.9. The zero-order chi connectivity index (χ0) is 35.8. The second-order valence-corrected chi connectivity index (χ2v) is 16.5. The van der Waals surface area contributed by atoms with Crippen LogP contribution in [0.4, 0.5) is 0 Å². The first-order chi connectivity index (χ1) is 23.0. The number of amides is 1. The zero-order valence-electron chi connectivity index (χ0n) is 32.2. The van der Waals surface area contributed by atoms with Crippen LogP contribution < -0.4 is 5.32 Å². The average molecular weight is 704 g/mol. The van der Waals surface area contributed by atoms with Crippen molar-refractivity contribution < 1.29 is 32.9 Å². The Balaban J connectivity index is 3.99. The van der Waals surface area contributed by atoms with Crippen LogP contribution in [0.1, 0.15) is 181 Å². The molecule has 0 aromatic rings. The van der Waals surface area contributed by atoms with Crippen LogP contribution in [0.5, 0.6) is 0 Å². The van der Waals surface area contributed by atoms with E-state index in [-0.39, 0.29) is 19.1 Å². The molecule has 3 unspecified atom stereocenters. The van der Waals surface area contributed by atoms with Crippen molar-refractivity contribution in [2.75, 3.05) is 40.9 Å². The van der Waals surface area contributed by atoms with E-state index in [1.807, 2.05) is 27.2 Å². The van der Waals surface area contributed by atoms with Gasteiger partial charge in [-0.15, -0.1) is 0 Å². The second-order valence-electron chi connectivity index (χ2n) is 15.0. The summed E-state index contributed by atoms with van der Waals surface area (Å²) in [6.45, 7) is 4.67. The minimum absolute atomic E-state index is 0.0628. The third-order valence-electron chi connectivity index (χ3n) is 9.01. The van der Waals surface area contributed by atoms with E-state index >= 15 is 0 Å². The third-order valence-corrected chi connectivity index (χ3v) is 9.99. The fourth-order valence-electron chi connectivity index (χ4n) is 5.73. The molecule has 0 fully saturated rings. The van der Waals surface area contributed by atoms with E-state index < -0.39 is 20.0 Å². The fourth-order valence-corrected chi connectivity index (χ4v) is 6.47. The molecule has 8 nitrogen and oxygen atoms in total. The van der Waals surface area contributed by atoms with Crippen LogP contribution in [0, 0.1) is 0 Å². The van der Waals surface area contributed by atoms with Crippen molar-refractivity contribution in [2.45, 2.75) is 193 Å². The third kappa shape index (κ3) is 33.7. The fraction of sp³-hybridized carbons (Fsp3) is 0.923. The monoisotopic (exact) mass is 704 g/mol. The number of phosphoric ester groups is 1. The number of likely N-dealkylation sites (N-methyl/N-ethyl adjacent to an activating group) is 1. The lowest BCUT2D eigenvalue weighted by atomic mass is 10.0. The van der Waals surface area contributed by atoms with Crippen LogP contribution in [0.3, 0.4) is 0 Å². The van der Waals surface area contributed by atoms with Gasteiger partial charge in [0.1, 0.15) is 13.2 Å². The Kier molecular flexibility index (Phi) is 31.7. The number of hydrogen-bond donors (Lipinski definition) is 3. The molecule has 0 radical (unpaired) electrons. The molecule has 0 rings (SSSR count). The highest BCUT2D eigenvalue weighted by Crippen LogP contribution is 2.43. The first-order valence-corrected chi connectivity index (χ1v) is 21.6. The summed E-state index contributed by atoms with van der Waals surface area (Å²) in [7, 11) is 1.57. The highest BCUT2D eigenvalue weighted by atomic mass is 31.2. The number of allylic oxidation sites excluding steroid dienone is 1. The van der Waals surface area contributed by atoms with Crippen molar-refractivity contribution >= 4 is 13.7 Å². The van der Waals surface area contributed by atoms with Crippen LogP contribution in [0.25, 0.3) is 0 Å². The number of unbranched alkanes of at least 4 members (excludes halogenated alkanes) is 23. The van der Waals surface area contributed by atoms with Gasteiger partial charge in [0.15, 0.2) is 0 Å². The van der Waals surface area contributed by atoms with Gasteiger partial charge in [0.05, 0.1) is 39.9 Å². The standard InChI is InChI=1S/C39H79N2O6P/c1-6-8-10-12-13-14-15-16-17-18-19-20-21-22-23-24-25-26-27-28-29-31-33-39(43)40-37(38(42)32-30-11-9-7-2)36-47-48(44,45)46-35-34-41(3,4)5/h30,32,37-38,42H,6-29,31,33-36H2,1-5H3,(H-,40,43,44,45)/p+1/b32-30+. The van der Waals surface area contributed by atoms with Gasteiger partial charge in [0, 0.05) is 6.42 Å². The Labute approximate surface area is 297 Å². The molecule has 0 aromatic carbocycles. The number of rotatable bonds is 36. The van der Waals surface area contributed by atoms with Gasteiger partial charge in [-0.2, -0.15) is 0 Å². The van der Waals surface area contributed by atoms with Crippen LogP contribution in [-0.4, -0.2) is 73.4 Å². The maximum Gasteiger partial charge on any atom is 0.472 e. The van der Waals surface area contributed by atoms with Gasteiger partial charge in [-0.1, -0.05) is 174 Å². The van der Waals surface area contributed by atoms with Crippen LogP contribution in [0.15, 0.2) is 12.2 Å². The largest absolute Gasteiger partial charge is 0.472 e. The van der Waals surface area contributed by atoms with Crippen LogP contribution in [0.2, 0.25) is 0 Å². The molecule has 0 aliphatic carbocycles.